The van der Waals surface area contributed by atoms with Crippen molar-refractivity contribution in [2.45, 2.75) is 0 Å². The fourth-order valence-electron chi connectivity index (χ4n) is 1.05. The van der Waals surface area contributed by atoms with Gasteiger partial charge in [-0.15, -0.1) is 0 Å². The summed E-state index contributed by atoms with van der Waals surface area (Å²) in [6, 6.07) is 9.86. The quantitative estimate of drug-likeness (QED) is 0.672. The smallest absolute Gasteiger partial charge is 0.0621 e. The van der Waals surface area contributed by atoms with Crippen LogP contribution in [0.25, 0.3) is 5.57 Å². The SMILES string of the molecule is C=CC(=CCO)c1ccccc1. The van der Waals surface area contributed by atoms with Crippen LogP contribution in [0, 0.1) is 0 Å². The molecule has 0 aliphatic heterocycles. The lowest BCUT2D eigenvalue weighted by molar-refractivity contribution is 0.343. The van der Waals surface area contributed by atoms with Crippen LogP contribution >= 0.6 is 0 Å². The summed E-state index contributed by atoms with van der Waals surface area (Å²) in [5.74, 6) is 0. The van der Waals surface area contributed by atoms with Crippen molar-refractivity contribution in [2.75, 3.05) is 6.61 Å². The third-order valence-corrected chi connectivity index (χ3v) is 1.64. The van der Waals surface area contributed by atoms with Crippen molar-refractivity contribution in [3.63, 3.8) is 0 Å². The third-order valence-electron chi connectivity index (χ3n) is 1.64. The van der Waals surface area contributed by atoms with Crippen LogP contribution in [0.4, 0.5) is 0 Å². The van der Waals surface area contributed by atoms with Crippen LogP contribution in [0.5, 0.6) is 0 Å². The Kier molecular flexibility index (Phi) is 3.30. The van der Waals surface area contributed by atoms with E-state index in [2.05, 4.69) is 6.58 Å². The van der Waals surface area contributed by atoms with E-state index in [1.807, 2.05) is 30.3 Å². The Morgan fingerprint density at radius 2 is 2.00 bits per heavy atom. The van der Waals surface area contributed by atoms with Gasteiger partial charge in [-0.25, -0.2) is 0 Å². The van der Waals surface area contributed by atoms with Gasteiger partial charge in [0, 0.05) is 0 Å². The van der Waals surface area contributed by atoms with Gasteiger partial charge in [0.05, 0.1) is 6.61 Å². The molecule has 1 aromatic carbocycles. The molecule has 0 unspecified atom stereocenters. The molecular formula is C11H12O. The molecule has 0 aromatic heterocycles. The molecule has 0 aliphatic rings. The van der Waals surface area contributed by atoms with E-state index in [0.717, 1.165) is 11.1 Å². The maximum Gasteiger partial charge on any atom is 0.0621 e. The molecule has 1 aromatic rings. The average Bonchev–Trinajstić information content (AvgIpc) is 2.15. The summed E-state index contributed by atoms with van der Waals surface area (Å²) in [7, 11) is 0. The average molecular weight is 160 g/mol. The van der Waals surface area contributed by atoms with Crippen LogP contribution in [-0.4, -0.2) is 11.7 Å². The molecule has 0 bridgehead atoms. The number of hydrogen-bond donors (Lipinski definition) is 1. The molecule has 0 heterocycles. The van der Waals surface area contributed by atoms with Crippen molar-refractivity contribution in [1.29, 1.82) is 0 Å². The van der Waals surface area contributed by atoms with Crippen LogP contribution in [0.15, 0.2) is 49.1 Å². The lowest BCUT2D eigenvalue weighted by Crippen LogP contribution is -1.82. The van der Waals surface area contributed by atoms with Gasteiger partial charge in [-0.2, -0.15) is 0 Å². The topological polar surface area (TPSA) is 20.2 Å². The van der Waals surface area contributed by atoms with Crippen LogP contribution in [0.1, 0.15) is 5.56 Å². The molecule has 1 nitrogen and oxygen atoms in total. The van der Waals surface area contributed by atoms with Gasteiger partial charge < -0.3 is 5.11 Å². The van der Waals surface area contributed by atoms with Crippen LogP contribution in [0.2, 0.25) is 0 Å². The van der Waals surface area contributed by atoms with Gasteiger partial charge in [0.25, 0.3) is 0 Å². The number of hydrogen-bond acceptors (Lipinski definition) is 1. The largest absolute Gasteiger partial charge is 0.392 e. The highest BCUT2D eigenvalue weighted by Gasteiger charge is 1.93. The Bertz CT molecular complexity index is 272. The molecule has 62 valence electrons. The standard InChI is InChI=1S/C11H12O/c1-2-10(8-9-12)11-6-4-3-5-7-11/h2-8,12H,1,9H2. The minimum Gasteiger partial charge on any atom is -0.392 e. The molecule has 0 radical (unpaired) electrons. The lowest BCUT2D eigenvalue weighted by Gasteiger charge is -1.99. The zero-order valence-electron chi connectivity index (χ0n) is 6.90. The first-order valence-electron chi connectivity index (χ1n) is 3.87. The molecule has 1 heteroatoms. The Morgan fingerprint density at radius 1 is 1.33 bits per heavy atom. The first kappa shape index (κ1) is 8.75. The minimum atomic E-state index is 0.0518. The van der Waals surface area contributed by atoms with Crippen molar-refractivity contribution in [3.8, 4) is 0 Å². The van der Waals surface area contributed by atoms with Gasteiger partial charge in [0.1, 0.15) is 0 Å². The van der Waals surface area contributed by atoms with Crippen LogP contribution < -0.4 is 0 Å². The molecule has 0 fully saturated rings. The summed E-state index contributed by atoms with van der Waals surface area (Å²) in [6.07, 6.45) is 3.48. The summed E-state index contributed by atoms with van der Waals surface area (Å²) in [5.41, 5.74) is 2.06. The molecule has 0 aliphatic carbocycles. The van der Waals surface area contributed by atoms with Crippen molar-refractivity contribution in [2.24, 2.45) is 0 Å². The van der Waals surface area contributed by atoms with Gasteiger partial charge >= 0.3 is 0 Å². The summed E-state index contributed by atoms with van der Waals surface area (Å²) < 4.78 is 0. The van der Waals surface area contributed by atoms with Crippen molar-refractivity contribution in [3.05, 3.63) is 54.6 Å². The second-order valence-electron chi connectivity index (χ2n) is 2.41. The van der Waals surface area contributed by atoms with Crippen molar-refractivity contribution >= 4 is 5.57 Å². The minimum absolute atomic E-state index is 0.0518. The summed E-state index contributed by atoms with van der Waals surface area (Å²) in [4.78, 5) is 0. The van der Waals surface area contributed by atoms with E-state index in [1.54, 1.807) is 12.2 Å². The maximum absolute atomic E-state index is 8.70. The van der Waals surface area contributed by atoms with E-state index in [9.17, 15) is 0 Å². The summed E-state index contributed by atoms with van der Waals surface area (Å²) >= 11 is 0. The predicted molar refractivity (Wildman–Crippen MR) is 51.7 cm³/mol. The molecule has 0 saturated heterocycles. The third kappa shape index (κ3) is 2.07. The second-order valence-corrected chi connectivity index (χ2v) is 2.41. The fraction of sp³-hybridized carbons (Fsp3) is 0.0909. The van der Waals surface area contributed by atoms with E-state index in [-0.39, 0.29) is 6.61 Å². The molecular weight excluding hydrogens is 148 g/mol. The van der Waals surface area contributed by atoms with E-state index in [0.29, 0.717) is 0 Å². The molecule has 0 spiro atoms. The monoisotopic (exact) mass is 160 g/mol. The van der Waals surface area contributed by atoms with E-state index >= 15 is 0 Å². The van der Waals surface area contributed by atoms with Crippen LogP contribution in [0.3, 0.4) is 0 Å². The van der Waals surface area contributed by atoms with Gasteiger partial charge in [0.15, 0.2) is 0 Å². The molecule has 0 saturated carbocycles. The van der Waals surface area contributed by atoms with Crippen molar-refractivity contribution in [1.82, 2.24) is 0 Å². The number of aliphatic hydroxyl groups excluding tert-OH is 1. The van der Waals surface area contributed by atoms with E-state index in [1.165, 1.54) is 0 Å². The first-order valence-corrected chi connectivity index (χ1v) is 3.87. The Balaban J connectivity index is 2.96. The fourth-order valence-corrected chi connectivity index (χ4v) is 1.05. The number of benzene rings is 1. The number of aliphatic hydroxyl groups is 1. The van der Waals surface area contributed by atoms with Gasteiger partial charge in [-0.3, -0.25) is 0 Å². The van der Waals surface area contributed by atoms with Gasteiger partial charge in [-0.05, 0) is 11.1 Å². The van der Waals surface area contributed by atoms with Crippen LogP contribution in [-0.2, 0) is 0 Å². The highest BCUT2D eigenvalue weighted by Crippen LogP contribution is 2.13. The number of allylic oxidation sites excluding steroid dienone is 2. The zero-order chi connectivity index (χ0) is 8.81. The Hall–Kier alpha value is -1.34. The highest BCUT2D eigenvalue weighted by molar-refractivity contribution is 5.73. The molecule has 1 rings (SSSR count). The van der Waals surface area contributed by atoms with E-state index < -0.39 is 0 Å². The van der Waals surface area contributed by atoms with Crippen molar-refractivity contribution < 1.29 is 5.11 Å². The predicted octanol–water partition coefficient (Wildman–Crippen LogP) is 2.25. The first-order chi connectivity index (χ1) is 5.88. The Morgan fingerprint density at radius 3 is 2.50 bits per heavy atom. The normalized spacial score (nSPS) is 11.2. The molecule has 12 heavy (non-hydrogen) atoms. The van der Waals surface area contributed by atoms with Gasteiger partial charge in [-0.1, -0.05) is 49.1 Å². The number of rotatable bonds is 3. The van der Waals surface area contributed by atoms with E-state index in [4.69, 9.17) is 5.11 Å². The summed E-state index contributed by atoms with van der Waals surface area (Å²) in [6.45, 7) is 3.73. The zero-order valence-corrected chi connectivity index (χ0v) is 6.90. The maximum atomic E-state index is 8.70. The molecule has 0 atom stereocenters. The second kappa shape index (κ2) is 4.52. The Labute approximate surface area is 72.7 Å². The molecule has 0 amide bonds. The highest BCUT2D eigenvalue weighted by atomic mass is 16.2. The summed E-state index contributed by atoms with van der Waals surface area (Å²) in [5, 5.41) is 8.70. The lowest BCUT2D eigenvalue weighted by atomic mass is 10.1. The van der Waals surface area contributed by atoms with Gasteiger partial charge in [0.2, 0.25) is 0 Å². The molecule has 1 N–H and O–H groups in total.